The van der Waals surface area contributed by atoms with Crippen LogP contribution in [0.5, 0.6) is 0 Å². The smallest absolute Gasteiger partial charge is 0.224 e. The molecule has 20 heavy (non-hydrogen) atoms. The summed E-state index contributed by atoms with van der Waals surface area (Å²) in [4.78, 5) is 16.5. The highest BCUT2D eigenvalue weighted by Crippen LogP contribution is 2.22. The van der Waals surface area contributed by atoms with Crippen molar-refractivity contribution in [2.24, 2.45) is 0 Å². The third-order valence-corrected chi connectivity index (χ3v) is 4.66. The summed E-state index contributed by atoms with van der Waals surface area (Å²) in [5, 5.41) is 0. The Bertz CT molecular complexity index is 295. The number of hydrogen-bond acceptors (Lipinski definition) is 4. The minimum absolute atomic E-state index is 0.239. The molecule has 0 aliphatic carbocycles. The summed E-state index contributed by atoms with van der Waals surface area (Å²) in [6.07, 6.45) is 5.46. The first kappa shape index (κ1) is 15.7. The fourth-order valence-electron chi connectivity index (χ4n) is 3.30. The van der Waals surface area contributed by atoms with Gasteiger partial charge >= 0.3 is 0 Å². The van der Waals surface area contributed by atoms with E-state index in [0.29, 0.717) is 25.2 Å². The maximum Gasteiger partial charge on any atom is 0.224 e. The van der Waals surface area contributed by atoms with E-state index in [9.17, 15) is 4.79 Å². The molecule has 0 aromatic rings. The highest BCUT2D eigenvalue weighted by molar-refractivity contribution is 5.76. The molecule has 0 radical (unpaired) electrons. The molecule has 2 heterocycles. The van der Waals surface area contributed by atoms with Crippen LogP contribution in [0.2, 0.25) is 0 Å². The van der Waals surface area contributed by atoms with Crippen LogP contribution in [-0.2, 0) is 14.3 Å². The lowest BCUT2D eigenvalue weighted by Gasteiger charge is -2.41. The van der Waals surface area contributed by atoms with E-state index >= 15 is 0 Å². The third-order valence-electron chi connectivity index (χ3n) is 4.66. The highest BCUT2D eigenvalue weighted by Gasteiger charge is 2.29. The van der Waals surface area contributed by atoms with E-state index in [2.05, 4.69) is 4.90 Å². The Balaban J connectivity index is 1.70. The molecule has 0 bridgehead atoms. The molecule has 0 spiro atoms. The normalized spacial score (nSPS) is 23.2. The lowest BCUT2D eigenvalue weighted by Crippen LogP contribution is -2.49. The number of hydrogen-bond donors (Lipinski definition) is 0. The zero-order chi connectivity index (χ0) is 14.4. The van der Waals surface area contributed by atoms with Gasteiger partial charge in [0, 0.05) is 46.4 Å². The topological polar surface area (TPSA) is 42.0 Å². The number of rotatable bonds is 5. The molecule has 116 valence electrons. The quantitative estimate of drug-likeness (QED) is 0.759. The molecule has 0 aromatic carbocycles. The molecule has 0 atom stereocenters. The molecule has 2 aliphatic rings. The van der Waals surface area contributed by atoms with Gasteiger partial charge in [0.1, 0.15) is 0 Å². The minimum Gasteiger partial charge on any atom is -0.384 e. The van der Waals surface area contributed by atoms with Crippen molar-refractivity contribution in [3.05, 3.63) is 0 Å². The van der Waals surface area contributed by atoms with E-state index in [1.165, 1.54) is 0 Å². The first-order valence-corrected chi connectivity index (χ1v) is 7.78. The Kier molecular flexibility index (Phi) is 6.26. The van der Waals surface area contributed by atoms with Gasteiger partial charge in [0.05, 0.1) is 19.1 Å². The monoisotopic (exact) mass is 284 g/mol. The van der Waals surface area contributed by atoms with E-state index in [-0.39, 0.29) is 5.91 Å². The Morgan fingerprint density at radius 1 is 1.05 bits per heavy atom. The summed E-state index contributed by atoms with van der Waals surface area (Å²) in [6.45, 7) is 4.61. The van der Waals surface area contributed by atoms with Gasteiger partial charge in [-0.2, -0.15) is 0 Å². The maximum absolute atomic E-state index is 11.9. The van der Waals surface area contributed by atoms with Crippen molar-refractivity contribution in [2.45, 2.75) is 44.2 Å². The van der Waals surface area contributed by atoms with E-state index < -0.39 is 0 Å². The molecular formula is C15H28N2O3. The zero-order valence-electron chi connectivity index (χ0n) is 12.8. The number of likely N-dealkylation sites (tertiary alicyclic amines) is 2. The molecule has 1 amide bonds. The summed E-state index contributed by atoms with van der Waals surface area (Å²) >= 11 is 0. The number of nitrogens with zero attached hydrogens (tertiary/aromatic N) is 2. The van der Waals surface area contributed by atoms with Crippen molar-refractivity contribution in [1.82, 2.24) is 9.80 Å². The molecule has 5 nitrogen and oxygen atoms in total. The van der Waals surface area contributed by atoms with Crippen molar-refractivity contribution < 1.29 is 14.3 Å². The second-order valence-electron chi connectivity index (χ2n) is 5.83. The predicted octanol–water partition coefficient (Wildman–Crippen LogP) is 1.12. The minimum atomic E-state index is 0.239. The molecule has 0 N–H and O–H groups in total. The number of carbonyl (C=O) groups is 1. The van der Waals surface area contributed by atoms with Crippen LogP contribution in [0.25, 0.3) is 0 Å². The lowest BCUT2D eigenvalue weighted by molar-refractivity contribution is -0.133. The van der Waals surface area contributed by atoms with E-state index in [4.69, 9.17) is 9.47 Å². The Morgan fingerprint density at radius 3 is 2.25 bits per heavy atom. The molecule has 2 aliphatic heterocycles. The molecule has 0 aromatic heterocycles. The van der Waals surface area contributed by atoms with E-state index in [1.54, 1.807) is 7.11 Å². The molecule has 0 saturated carbocycles. The van der Waals surface area contributed by atoms with Crippen molar-refractivity contribution in [3.63, 3.8) is 0 Å². The first-order chi connectivity index (χ1) is 9.74. The van der Waals surface area contributed by atoms with Gasteiger partial charge in [-0.25, -0.2) is 0 Å². The summed E-state index contributed by atoms with van der Waals surface area (Å²) < 4.78 is 10.4. The van der Waals surface area contributed by atoms with Crippen LogP contribution in [0, 0.1) is 0 Å². The van der Waals surface area contributed by atoms with Gasteiger partial charge in [-0.05, 0) is 25.7 Å². The second kappa shape index (κ2) is 7.96. The van der Waals surface area contributed by atoms with Gasteiger partial charge in [0.25, 0.3) is 0 Å². The molecular weight excluding hydrogens is 256 g/mol. The van der Waals surface area contributed by atoms with Crippen molar-refractivity contribution in [1.29, 1.82) is 0 Å². The van der Waals surface area contributed by atoms with Crippen molar-refractivity contribution in [3.8, 4) is 0 Å². The molecule has 2 saturated heterocycles. The molecule has 2 fully saturated rings. The summed E-state index contributed by atoms with van der Waals surface area (Å²) in [6, 6.07) is 0.652. The first-order valence-electron chi connectivity index (χ1n) is 7.78. The fraction of sp³-hybridized carbons (Fsp3) is 0.933. The fourth-order valence-corrected chi connectivity index (χ4v) is 3.30. The van der Waals surface area contributed by atoms with Crippen LogP contribution in [0.1, 0.15) is 32.1 Å². The number of carbonyl (C=O) groups excluding carboxylic acids is 1. The van der Waals surface area contributed by atoms with Gasteiger partial charge in [-0.1, -0.05) is 0 Å². The van der Waals surface area contributed by atoms with Crippen LogP contribution >= 0.6 is 0 Å². The zero-order valence-corrected chi connectivity index (χ0v) is 12.8. The van der Waals surface area contributed by atoms with Crippen LogP contribution in [0.4, 0.5) is 0 Å². The van der Waals surface area contributed by atoms with Crippen molar-refractivity contribution in [2.75, 3.05) is 47.0 Å². The van der Waals surface area contributed by atoms with Gasteiger partial charge < -0.3 is 19.3 Å². The SMILES string of the molecule is COCCC(=O)N1CCC(N2CCC(OC)CC2)CC1. The van der Waals surface area contributed by atoms with Crippen LogP contribution in [0.3, 0.4) is 0 Å². The summed E-state index contributed by atoms with van der Waals surface area (Å²) in [7, 11) is 3.45. The average Bonchev–Trinajstić information content (AvgIpc) is 2.53. The Labute approximate surface area is 122 Å². The number of piperidine rings is 2. The van der Waals surface area contributed by atoms with E-state index in [0.717, 1.165) is 51.9 Å². The summed E-state index contributed by atoms with van der Waals surface area (Å²) in [5.41, 5.74) is 0. The van der Waals surface area contributed by atoms with E-state index in [1.807, 2.05) is 12.0 Å². The average molecular weight is 284 g/mol. The van der Waals surface area contributed by atoms with Gasteiger partial charge in [0.2, 0.25) is 5.91 Å². The lowest BCUT2D eigenvalue weighted by atomic mass is 9.98. The summed E-state index contributed by atoms with van der Waals surface area (Å²) in [5.74, 6) is 0.239. The van der Waals surface area contributed by atoms with Crippen LogP contribution in [-0.4, -0.2) is 74.9 Å². The molecule has 2 rings (SSSR count). The largest absolute Gasteiger partial charge is 0.384 e. The van der Waals surface area contributed by atoms with Gasteiger partial charge in [-0.15, -0.1) is 0 Å². The standard InChI is InChI=1S/C15H28N2O3/c1-19-12-7-15(18)17-8-3-13(4-9-17)16-10-5-14(20-2)6-11-16/h13-14H,3-12H2,1-2H3. The Morgan fingerprint density at radius 2 is 1.70 bits per heavy atom. The van der Waals surface area contributed by atoms with Gasteiger partial charge in [-0.3, -0.25) is 4.79 Å². The predicted molar refractivity (Wildman–Crippen MR) is 77.7 cm³/mol. The van der Waals surface area contributed by atoms with Gasteiger partial charge in [0.15, 0.2) is 0 Å². The number of amides is 1. The second-order valence-corrected chi connectivity index (χ2v) is 5.83. The van der Waals surface area contributed by atoms with Crippen LogP contribution in [0.15, 0.2) is 0 Å². The van der Waals surface area contributed by atoms with Crippen LogP contribution < -0.4 is 0 Å². The highest BCUT2D eigenvalue weighted by atomic mass is 16.5. The third kappa shape index (κ3) is 4.17. The maximum atomic E-state index is 11.9. The molecule has 5 heteroatoms. The van der Waals surface area contributed by atoms with Crippen molar-refractivity contribution >= 4 is 5.91 Å². The number of ether oxygens (including phenoxy) is 2. The number of methoxy groups -OCH3 is 2. The molecule has 0 unspecified atom stereocenters. The Hall–Kier alpha value is -0.650.